The van der Waals surface area contributed by atoms with Crippen molar-refractivity contribution in [3.8, 4) is 0 Å². The first-order valence-electron chi connectivity index (χ1n) is 5.69. The van der Waals surface area contributed by atoms with Crippen LogP contribution in [0.25, 0.3) is 0 Å². The molecule has 0 saturated carbocycles. The van der Waals surface area contributed by atoms with Gasteiger partial charge in [-0.3, -0.25) is 0 Å². The average Bonchev–Trinajstić information content (AvgIpc) is 2.16. The Kier molecular flexibility index (Phi) is 4.73. The van der Waals surface area contributed by atoms with E-state index in [0.29, 0.717) is 32.7 Å². The van der Waals surface area contributed by atoms with Crippen LogP contribution >= 0.6 is 0 Å². The molecule has 1 aliphatic heterocycles. The minimum absolute atomic E-state index is 0.195. The Bertz CT molecular complexity index is 314. The lowest BCUT2D eigenvalue weighted by molar-refractivity contribution is -0.0640. The highest BCUT2D eigenvalue weighted by Gasteiger charge is 2.33. The Balaban J connectivity index is 2.54. The third-order valence-corrected chi connectivity index (χ3v) is 4.54. The van der Waals surface area contributed by atoms with E-state index < -0.39 is 10.0 Å². The van der Waals surface area contributed by atoms with Gasteiger partial charge in [0.25, 0.3) is 0 Å². The van der Waals surface area contributed by atoms with E-state index in [1.165, 1.54) is 4.31 Å². The number of ether oxygens (including phenoxy) is 1. The van der Waals surface area contributed by atoms with Crippen LogP contribution in [0.2, 0.25) is 0 Å². The third-order valence-electron chi connectivity index (χ3n) is 2.64. The maximum absolute atomic E-state index is 12.0. The van der Waals surface area contributed by atoms with E-state index in [2.05, 4.69) is 0 Å². The van der Waals surface area contributed by atoms with E-state index in [4.69, 9.17) is 10.5 Å². The molecular formula is C10H22N2O3S. The van der Waals surface area contributed by atoms with E-state index in [0.717, 1.165) is 6.42 Å². The quantitative estimate of drug-likeness (QED) is 0.706. The molecule has 0 aromatic rings. The molecule has 0 spiro atoms. The molecule has 1 saturated heterocycles. The predicted octanol–water partition coefficient (Wildman–Crippen LogP) is 0.166. The van der Waals surface area contributed by atoms with Crippen LogP contribution < -0.4 is 5.73 Å². The second kappa shape index (κ2) is 5.44. The number of hydrogen-bond donors (Lipinski definition) is 1. The fourth-order valence-electron chi connectivity index (χ4n) is 1.77. The summed E-state index contributed by atoms with van der Waals surface area (Å²) in [4.78, 5) is 0. The van der Waals surface area contributed by atoms with Gasteiger partial charge in [0.2, 0.25) is 10.0 Å². The van der Waals surface area contributed by atoms with Gasteiger partial charge in [0.15, 0.2) is 0 Å². The zero-order valence-electron chi connectivity index (χ0n) is 10.1. The van der Waals surface area contributed by atoms with Gasteiger partial charge in [-0.25, -0.2) is 8.42 Å². The fraction of sp³-hybridized carbons (Fsp3) is 1.00. The van der Waals surface area contributed by atoms with Crippen molar-refractivity contribution in [2.24, 2.45) is 5.73 Å². The number of unbranched alkanes of at least 4 members (excludes halogenated alkanes) is 1. The molecule has 96 valence electrons. The molecule has 0 radical (unpaired) electrons. The molecule has 1 aliphatic rings. The molecule has 0 unspecified atom stereocenters. The first-order valence-corrected chi connectivity index (χ1v) is 7.30. The molecule has 0 bridgehead atoms. The SMILES string of the molecule is CC1(C)CN(S(=O)(=O)CCCCN)CCO1. The van der Waals surface area contributed by atoms with Crippen molar-refractivity contribution in [3.63, 3.8) is 0 Å². The Morgan fingerprint density at radius 2 is 2.06 bits per heavy atom. The molecule has 6 heteroatoms. The minimum Gasteiger partial charge on any atom is -0.373 e. The number of morpholine rings is 1. The maximum atomic E-state index is 12.0. The van der Waals surface area contributed by atoms with Gasteiger partial charge in [-0.1, -0.05) is 0 Å². The van der Waals surface area contributed by atoms with Gasteiger partial charge in [-0.05, 0) is 33.2 Å². The molecule has 1 rings (SSSR count). The van der Waals surface area contributed by atoms with Crippen LogP contribution in [0.15, 0.2) is 0 Å². The summed E-state index contributed by atoms with van der Waals surface area (Å²) in [5, 5.41) is 0. The average molecular weight is 250 g/mol. The highest BCUT2D eigenvalue weighted by Crippen LogP contribution is 2.19. The number of nitrogens with zero attached hydrogens (tertiary/aromatic N) is 1. The Labute approximate surface area is 98.0 Å². The summed E-state index contributed by atoms with van der Waals surface area (Å²) in [6, 6.07) is 0. The molecular weight excluding hydrogens is 228 g/mol. The van der Waals surface area contributed by atoms with E-state index in [1.807, 2.05) is 13.8 Å². The highest BCUT2D eigenvalue weighted by atomic mass is 32.2. The lowest BCUT2D eigenvalue weighted by Gasteiger charge is -2.37. The molecule has 0 aromatic carbocycles. The summed E-state index contributed by atoms with van der Waals surface area (Å²) in [5.74, 6) is 0.195. The molecule has 5 nitrogen and oxygen atoms in total. The molecule has 16 heavy (non-hydrogen) atoms. The molecule has 0 aliphatic carbocycles. The van der Waals surface area contributed by atoms with Crippen LogP contribution in [0.1, 0.15) is 26.7 Å². The largest absolute Gasteiger partial charge is 0.373 e. The maximum Gasteiger partial charge on any atom is 0.214 e. The van der Waals surface area contributed by atoms with Crippen LogP contribution in [0.3, 0.4) is 0 Å². The zero-order valence-corrected chi connectivity index (χ0v) is 10.9. The minimum atomic E-state index is -3.13. The lowest BCUT2D eigenvalue weighted by atomic mass is 10.1. The predicted molar refractivity (Wildman–Crippen MR) is 63.7 cm³/mol. The number of rotatable bonds is 5. The molecule has 0 atom stereocenters. The molecule has 2 N–H and O–H groups in total. The molecule has 0 amide bonds. The third kappa shape index (κ3) is 4.01. The molecule has 0 aromatic heterocycles. The normalized spacial score (nSPS) is 22.2. The molecule has 1 fully saturated rings. The van der Waals surface area contributed by atoms with Gasteiger partial charge < -0.3 is 10.5 Å². The fourth-order valence-corrected chi connectivity index (χ4v) is 3.46. The summed E-state index contributed by atoms with van der Waals surface area (Å²) in [5.41, 5.74) is 4.98. The van der Waals surface area contributed by atoms with E-state index >= 15 is 0 Å². The van der Waals surface area contributed by atoms with Crippen molar-refractivity contribution in [1.82, 2.24) is 4.31 Å². The van der Waals surface area contributed by atoms with Crippen molar-refractivity contribution in [1.29, 1.82) is 0 Å². The van der Waals surface area contributed by atoms with Crippen LogP contribution in [-0.4, -0.2) is 50.3 Å². The summed E-state index contributed by atoms with van der Waals surface area (Å²) in [6.07, 6.45) is 1.39. The standard InChI is InChI=1S/C10H22N2O3S/c1-10(2)9-12(6-7-15-10)16(13,14)8-4-3-5-11/h3-9,11H2,1-2H3. The Hall–Kier alpha value is -0.170. The number of hydrogen-bond acceptors (Lipinski definition) is 4. The van der Waals surface area contributed by atoms with E-state index in [-0.39, 0.29) is 11.4 Å². The first-order chi connectivity index (χ1) is 7.37. The van der Waals surface area contributed by atoms with E-state index in [9.17, 15) is 8.42 Å². The van der Waals surface area contributed by atoms with Gasteiger partial charge >= 0.3 is 0 Å². The van der Waals surface area contributed by atoms with Gasteiger partial charge in [-0.2, -0.15) is 4.31 Å². The highest BCUT2D eigenvalue weighted by molar-refractivity contribution is 7.89. The van der Waals surface area contributed by atoms with Crippen LogP contribution in [0.5, 0.6) is 0 Å². The number of sulfonamides is 1. The van der Waals surface area contributed by atoms with Crippen LogP contribution in [-0.2, 0) is 14.8 Å². The second-order valence-corrected chi connectivity index (χ2v) is 6.84. The summed E-state index contributed by atoms with van der Waals surface area (Å²) < 4.78 is 31.0. The van der Waals surface area contributed by atoms with Gasteiger partial charge in [0, 0.05) is 13.1 Å². The Morgan fingerprint density at radius 3 is 2.62 bits per heavy atom. The van der Waals surface area contributed by atoms with Crippen molar-refractivity contribution in [2.75, 3.05) is 32.0 Å². The van der Waals surface area contributed by atoms with Crippen molar-refractivity contribution < 1.29 is 13.2 Å². The van der Waals surface area contributed by atoms with Gasteiger partial charge in [0.05, 0.1) is 18.0 Å². The Morgan fingerprint density at radius 1 is 1.38 bits per heavy atom. The van der Waals surface area contributed by atoms with Crippen molar-refractivity contribution >= 4 is 10.0 Å². The smallest absolute Gasteiger partial charge is 0.214 e. The second-order valence-electron chi connectivity index (χ2n) is 4.75. The topological polar surface area (TPSA) is 72.6 Å². The zero-order chi connectivity index (χ0) is 12.2. The monoisotopic (exact) mass is 250 g/mol. The van der Waals surface area contributed by atoms with E-state index in [1.54, 1.807) is 0 Å². The van der Waals surface area contributed by atoms with Crippen LogP contribution in [0.4, 0.5) is 0 Å². The van der Waals surface area contributed by atoms with Gasteiger partial charge in [0.1, 0.15) is 0 Å². The van der Waals surface area contributed by atoms with Gasteiger partial charge in [-0.15, -0.1) is 0 Å². The number of nitrogens with two attached hydrogens (primary N) is 1. The van der Waals surface area contributed by atoms with Crippen molar-refractivity contribution in [2.45, 2.75) is 32.3 Å². The summed E-state index contributed by atoms with van der Waals surface area (Å²) >= 11 is 0. The van der Waals surface area contributed by atoms with Crippen LogP contribution in [0, 0.1) is 0 Å². The molecule has 1 heterocycles. The first kappa shape index (κ1) is 13.9. The summed E-state index contributed by atoms with van der Waals surface area (Å²) in [6.45, 7) is 5.75. The lowest BCUT2D eigenvalue weighted by Crippen LogP contribution is -2.51. The van der Waals surface area contributed by atoms with Crippen molar-refractivity contribution in [3.05, 3.63) is 0 Å². The summed E-state index contributed by atoms with van der Waals surface area (Å²) in [7, 11) is -3.13.